The molecule has 3 fully saturated rings. The van der Waals surface area contributed by atoms with Gasteiger partial charge in [0.2, 0.25) is 0 Å². The van der Waals surface area contributed by atoms with Crippen LogP contribution in [0.2, 0.25) is 0 Å². The number of nitrogens with zero attached hydrogens (tertiary/aromatic N) is 1. The first-order chi connectivity index (χ1) is 10.3. The number of nitrogens with one attached hydrogen (secondary N) is 1. The SMILES string of the molecule is O=C(N[C@@H]1CCOC2(CCCCC2)C1)N1CCCCCC1. The van der Waals surface area contributed by atoms with E-state index in [1.54, 1.807) is 0 Å². The number of likely N-dealkylation sites (tertiary alicyclic amines) is 1. The summed E-state index contributed by atoms with van der Waals surface area (Å²) in [4.78, 5) is 14.5. The minimum absolute atomic E-state index is 0.0766. The predicted octanol–water partition coefficient (Wildman–Crippen LogP) is 3.45. The number of hydrogen-bond donors (Lipinski definition) is 1. The van der Waals surface area contributed by atoms with Gasteiger partial charge in [-0.2, -0.15) is 0 Å². The fourth-order valence-electron chi connectivity index (χ4n) is 4.24. The Labute approximate surface area is 128 Å². The predicted molar refractivity (Wildman–Crippen MR) is 83.4 cm³/mol. The first-order valence-corrected chi connectivity index (χ1v) is 8.97. The van der Waals surface area contributed by atoms with Gasteiger partial charge in [-0.15, -0.1) is 0 Å². The number of rotatable bonds is 1. The van der Waals surface area contributed by atoms with Gasteiger partial charge in [0.25, 0.3) is 0 Å². The van der Waals surface area contributed by atoms with E-state index in [1.165, 1.54) is 44.9 Å². The minimum Gasteiger partial charge on any atom is -0.375 e. The standard InChI is InChI=1S/C17H30N2O2/c20-16(19-11-6-1-2-7-12-19)18-15-8-13-21-17(14-15)9-4-3-5-10-17/h15H,1-14H2,(H,18,20)/t15-/m1/s1. The first-order valence-electron chi connectivity index (χ1n) is 8.97. The Balaban J connectivity index is 1.52. The van der Waals surface area contributed by atoms with Crippen molar-refractivity contribution in [2.75, 3.05) is 19.7 Å². The Morgan fingerprint density at radius 3 is 2.38 bits per heavy atom. The Bertz CT molecular complexity index is 339. The maximum absolute atomic E-state index is 12.5. The molecule has 2 aliphatic heterocycles. The van der Waals surface area contributed by atoms with Crippen LogP contribution >= 0.6 is 0 Å². The van der Waals surface area contributed by atoms with Gasteiger partial charge in [-0.1, -0.05) is 32.1 Å². The summed E-state index contributed by atoms with van der Waals surface area (Å²) in [6.45, 7) is 2.67. The average Bonchev–Trinajstić information content (AvgIpc) is 2.77. The van der Waals surface area contributed by atoms with E-state index in [9.17, 15) is 4.79 Å². The Hall–Kier alpha value is -0.770. The third-order valence-corrected chi connectivity index (χ3v) is 5.48. The summed E-state index contributed by atoms with van der Waals surface area (Å²) in [6, 6.07) is 0.474. The van der Waals surface area contributed by atoms with Gasteiger partial charge in [0, 0.05) is 25.7 Å². The molecule has 3 rings (SSSR count). The minimum atomic E-state index is 0.0766. The molecule has 2 saturated heterocycles. The second kappa shape index (κ2) is 6.99. The second-order valence-corrected chi connectivity index (χ2v) is 7.13. The molecule has 2 amide bonds. The van der Waals surface area contributed by atoms with Crippen LogP contribution in [-0.4, -0.2) is 42.3 Å². The lowest BCUT2D eigenvalue weighted by molar-refractivity contribution is -0.108. The molecule has 0 radical (unpaired) electrons. The summed E-state index contributed by atoms with van der Waals surface area (Å²) in [5.41, 5.74) is 0.0766. The van der Waals surface area contributed by atoms with E-state index >= 15 is 0 Å². The van der Waals surface area contributed by atoms with Crippen LogP contribution in [0.3, 0.4) is 0 Å². The summed E-state index contributed by atoms with van der Waals surface area (Å²) in [5, 5.41) is 3.29. The summed E-state index contributed by atoms with van der Waals surface area (Å²) >= 11 is 0. The Kier molecular flexibility index (Phi) is 5.04. The molecule has 0 aromatic carbocycles. The zero-order chi connectivity index (χ0) is 14.5. The lowest BCUT2D eigenvalue weighted by Crippen LogP contribution is -2.52. The van der Waals surface area contributed by atoms with Crippen LogP contribution in [0, 0.1) is 0 Å². The quantitative estimate of drug-likeness (QED) is 0.804. The molecule has 4 nitrogen and oxygen atoms in total. The van der Waals surface area contributed by atoms with Crippen LogP contribution in [-0.2, 0) is 4.74 Å². The van der Waals surface area contributed by atoms with Crippen molar-refractivity contribution in [3.63, 3.8) is 0 Å². The van der Waals surface area contributed by atoms with Crippen molar-refractivity contribution in [2.24, 2.45) is 0 Å². The highest BCUT2D eigenvalue weighted by Gasteiger charge is 2.39. The third-order valence-electron chi connectivity index (χ3n) is 5.48. The Morgan fingerprint density at radius 1 is 1.00 bits per heavy atom. The summed E-state index contributed by atoms with van der Waals surface area (Å²) in [5.74, 6) is 0. The van der Waals surface area contributed by atoms with Crippen molar-refractivity contribution in [1.82, 2.24) is 10.2 Å². The van der Waals surface area contributed by atoms with E-state index < -0.39 is 0 Å². The zero-order valence-corrected chi connectivity index (χ0v) is 13.2. The van der Waals surface area contributed by atoms with Crippen LogP contribution in [0.15, 0.2) is 0 Å². The fourth-order valence-corrected chi connectivity index (χ4v) is 4.24. The van der Waals surface area contributed by atoms with Gasteiger partial charge in [-0.3, -0.25) is 0 Å². The van der Waals surface area contributed by atoms with Gasteiger partial charge in [0.1, 0.15) is 0 Å². The number of ether oxygens (including phenoxy) is 1. The molecule has 1 saturated carbocycles. The van der Waals surface area contributed by atoms with E-state index in [0.29, 0.717) is 6.04 Å². The molecule has 0 aromatic rings. The van der Waals surface area contributed by atoms with Crippen molar-refractivity contribution in [3.05, 3.63) is 0 Å². The van der Waals surface area contributed by atoms with Crippen molar-refractivity contribution in [1.29, 1.82) is 0 Å². The summed E-state index contributed by atoms with van der Waals surface area (Å²) in [7, 11) is 0. The number of hydrogen-bond acceptors (Lipinski definition) is 2. The molecule has 0 bridgehead atoms. The molecule has 1 aliphatic carbocycles. The summed E-state index contributed by atoms with van der Waals surface area (Å²) in [6.07, 6.45) is 13.1. The molecule has 2 heterocycles. The van der Waals surface area contributed by atoms with Crippen LogP contribution in [0.5, 0.6) is 0 Å². The van der Waals surface area contributed by atoms with Crippen LogP contribution in [0.4, 0.5) is 4.79 Å². The van der Waals surface area contributed by atoms with Gasteiger partial charge in [-0.05, 0) is 38.5 Å². The van der Waals surface area contributed by atoms with Crippen molar-refractivity contribution in [3.8, 4) is 0 Å². The molecule has 4 heteroatoms. The lowest BCUT2D eigenvalue weighted by Gasteiger charge is -2.44. The monoisotopic (exact) mass is 294 g/mol. The van der Waals surface area contributed by atoms with E-state index in [1.807, 2.05) is 4.90 Å². The van der Waals surface area contributed by atoms with E-state index in [0.717, 1.165) is 45.4 Å². The highest BCUT2D eigenvalue weighted by atomic mass is 16.5. The van der Waals surface area contributed by atoms with Gasteiger partial charge < -0.3 is 15.0 Å². The van der Waals surface area contributed by atoms with E-state index in [4.69, 9.17) is 4.74 Å². The maximum atomic E-state index is 12.5. The fraction of sp³-hybridized carbons (Fsp3) is 0.941. The van der Waals surface area contributed by atoms with Gasteiger partial charge >= 0.3 is 6.03 Å². The molecular weight excluding hydrogens is 264 g/mol. The van der Waals surface area contributed by atoms with Gasteiger partial charge in [-0.25, -0.2) is 4.79 Å². The van der Waals surface area contributed by atoms with Gasteiger partial charge in [0.15, 0.2) is 0 Å². The molecule has 1 atom stereocenters. The van der Waals surface area contributed by atoms with Crippen molar-refractivity contribution >= 4 is 6.03 Å². The molecule has 120 valence electrons. The number of carbonyl (C=O) groups excluding carboxylic acids is 1. The van der Waals surface area contributed by atoms with Crippen LogP contribution in [0.1, 0.15) is 70.6 Å². The first kappa shape index (κ1) is 15.1. The number of urea groups is 1. The third kappa shape index (κ3) is 3.91. The van der Waals surface area contributed by atoms with Crippen LogP contribution < -0.4 is 5.32 Å². The maximum Gasteiger partial charge on any atom is 0.317 e. The highest BCUT2D eigenvalue weighted by Crippen LogP contribution is 2.38. The van der Waals surface area contributed by atoms with Gasteiger partial charge in [0.05, 0.1) is 5.60 Å². The van der Waals surface area contributed by atoms with E-state index in [2.05, 4.69) is 5.32 Å². The zero-order valence-electron chi connectivity index (χ0n) is 13.2. The van der Waals surface area contributed by atoms with Crippen LogP contribution in [0.25, 0.3) is 0 Å². The molecule has 21 heavy (non-hydrogen) atoms. The number of carbonyl (C=O) groups is 1. The molecule has 1 N–H and O–H groups in total. The number of amides is 2. The van der Waals surface area contributed by atoms with E-state index in [-0.39, 0.29) is 11.6 Å². The topological polar surface area (TPSA) is 41.6 Å². The molecule has 0 unspecified atom stereocenters. The lowest BCUT2D eigenvalue weighted by atomic mass is 9.78. The Morgan fingerprint density at radius 2 is 1.67 bits per heavy atom. The smallest absolute Gasteiger partial charge is 0.317 e. The largest absolute Gasteiger partial charge is 0.375 e. The summed E-state index contributed by atoms with van der Waals surface area (Å²) < 4.78 is 6.12. The highest BCUT2D eigenvalue weighted by molar-refractivity contribution is 5.74. The van der Waals surface area contributed by atoms with Crippen molar-refractivity contribution < 1.29 is 9.53 Å². The molecular formula is C17H30N2O2. The molecule has 1 spiro atoms. The van der Waals surface area contributed by atoms with Crippen molar-refractivity contribution in [2.45, 2.75) is 82.3 Å². The molecule has 0 aromatic heterocycles. The normalized spacial score (nSPS) is 29.9. The average molecular weight is 294 g/mol. The second-order valence-electron chi connectivity index (χ2n) is 7.13. The molecule has 3 aliphatic rings.